The standard InChI is InChI=1S/C9H12O10/c1-4(10)7(14)19-18-6(13)3-9(17,8(15)16)2-5(11)12/h4,10,17H,2-3H2,1H3,(H,11,12)(H,15,16). The molecule has 0 aromatic carbocycles. The summed E-state index contributed by atoms with van der Waals surface area (Å²) in [5, 5.41) is 35.2. The van der Waals surface area contributed by atoms with E-state index in [1.165, 1.54) is 0 Å². The number of hydrogen-bond acceptors (Lipinski definition) is 8. The third-order valence-corrected chi connectivity index (χ3v) is 1.84. The first-order valence-electron chi connectivity index (χ1n) is 4.85. The Morgan fingerprint density at radius 2 is 1.63 bits per heavy atom. The number of aliphatic hydroxyl groups excluding tert-OH is 1. The van der Waals surface area contributed by atoms with Gasteiger partial charge >= 0.3 is 23.9 Å². The lowest BCUT2D eigenvalue weighted by Crippen LogP contribution is -2.43. The lowest BCUT2D eigenvalue weighted by atomic mass is 9.96. The molecular weight excluding hydrogens is 268 g/mol. The minimum atomic E-state index is -2.89. The molecule has 19 heavy (non-hydrogen) atoms. The smallest absolute Gasteiger partial charge is 0.383 e. The first-order valence-corrected chi connectivity index (χ1v) is 4.85. The van der Waals surface area contributed by atoms with Crippen molar-refractivity contribution in [3.8, 4) is 0 Å². The highest BCUT2D eigenvalue weighted by molar-refractivity contribution is 5.88. The van der Waals surface area contributed by atoms with Crippen molar-refractivity contribution in [2.24, 2.45) is 0 Å². The average molecular weight is 280 g/mol. The summed E-state index contributed by atoms with van der Waals surface area (Å²) < 4.78 is 0. The van der Waals surface area contributed by atoms with Gasteiger partial charge in [-0.25, -0.2) is 24.2 Å². The highest BCUT2D eigenvalue weighted by Crippen LogP contribution is 2.17. The first kappa shape index (κ1) is 16.8. The lowest BCUT2D eigenvalue weighted by Gasteiger charge is -2.19. The van der Waals surface area contributed by atoms with Crippen molar-refractivity contribution >= 4 is 23.9 Å². The summed E-state index contributed by atoms with van der Waals surface area (Å²) >= 11 is 0. The van der Waals surface area contributed by atoms with Crippen LogP contribution >= 0.6 is 0 Å². The Morgan fingerprint density at radius 3 is 2.00 bits per heavy atom. The molecule has 0 aromatic rings. The maximum absolute atomic E-state index is 11.1. The highest BCUT2D eigenvalue weighted by atomic mass is 17.2. The molecule has 0 bridgehead atoms. The fraction of sp³-hybridized carbons (Fsp3) is 0.556. The highest BCUT2D eigenvalue weighted by Gasteiger charge is 2.42. The third kappa shape index (κ3) is 5.79. The molecule has 0 fully saturated rings. The van der Waals surface area contributed by atoms with Crippen LogP contribution in [0.4, 0.5) is 0 Å². The molecular formula is C9H12O10. The number of carboxylic acids is 2. The Morgan fingerprint density at radius 1 is 1.11 bits per heavy atom. The van der Waals surface area contributed by atoms with Crippen LogP contribution in [0.5, 0.6) is 0 Å². The molecule has 0 amide bonds. The topological polar surface area (TPSA) is 168 Å². The number of carboxylic acid groups (broad SMARTS) is 2. The molecule has 0 aliphatic rings. The average Bonchev–Trinajstić information content (AvgIpc) is 2.24. The van der Waals surface area contributed by atoms with Gasteiger partial charge in [0.15, 0.2) is 11.7 Å². The Hall–Kier alpha value is -2.20. The van der Waals surface area contributed by atoms with E-state index < -0.39 is 48.4 Å². The summed E-state index contributed by atoms with van der Waals surface area (Å²) in [6, 6.07) is 0. The van der Waals surface area contributed by atoms with Gasteiger partial charge in [0, 0.05) is 0 Å². The summed E-state index contributed by atoms with van der Waals surface area (Å²) in [5.41, 5.74) is -2.89. The summed E-state index contributed by atoms with van der Waals surface area (Å²) in [5.74, 6) is -6.40. The Kier molecular flexibility index (Phi) is 5.89. The lowest BCUT2D eigenvalue weighted by molar-refractivity contribution is -0.266. The predicted octanol–water partition coefficient (Wildman–Crippen LogP) is -1.95. The summed E-state index contributed by atoms with van der Waals surface area (Å²) in [6.45, 7) is 1.02. The Labute approximate surface area is 106 Å². The molecule has 108 valence electrons. The Bertz CT molecular complexity index is 386. The van der Waals surface area contributed by atoms with Gasteiger partial charge in [-0.2, -0.15) is 0 Å². The van der Waals surface area contributed by atoms with Crippen molar-refractivity contribution < 1.29 is 49.4 Å². The number of aliphatic hydroxyl groups is 2. The zero-order valence-corrected chi connectivity index (χ0v) is 9.73. The van der Waals surface area contributed by atoms with Crippen molar-refractivity contribution in [2.75, 3.05) is 0 Å². The fourth-order valence-corrected chi connectivity index (χ4v) is 0.889. The Balaban J connectivity index is 4.53. The largest absolute Gasteiger partial charge is 0.481 e. The third-order valence-electron chi connectivity index (χ3n) is 1.84. The van der Waals surface area contributed by atoms with E-state index in [-0.39, 0.29) is 0 Å². The zero-order valence-electron chi connectivity index (χ0n) is 9.73. The zero-order chi connectivity index (χ0) is 15.2. The van der Waals surface area contributed by atoms with E-state index in [2.05, 4.69) is 9.78 Å². The summed E-state index contributed by atoms with van der Waals surface area (Å²) in [6.07, 6.45) is -4.08. The molecule has 0 spiro atoms. The molecule has 10 nitrogen and oxygen atoms in total. The molecule has 0 radical (unpaired) electrons. The monoisotopic (exact) mass is 280 g/mol. The van der Waals surface area contributed by atoms with Gasteiger partial charge < -0.3 is 20.4 Å². The van der Waals surface area contributed by atoms with E-state index in [9.17, 15) is 24.3 Å². The van der Waals surface area contributed by atoms with Crippen molar-refractivity contribution in [1.82, 2.24) is 0 Å². The molecule has 2 unspecified atom stereocenters. The van der Waals surface area contributed by atoms with Crippen molar-refractivity contribution in [3.63, 3.8) is 0 Å². The number of carbonyl (C=O) groups excluding carboxylic acids is 2. The summed E-state index contributed by atoms with van der Waals surface area (Å²) in [7, 11) is 0. The van der Waals surface area contributed by atoms with Gasteiger partial charge in [-0.05, 0) is 6.92 Å². The van der Waals surface area contributed by atoms with Crippen LogP contribution in [0.15, 0.2) is 0 Å². The van der Waals surface area contributed by atoms with Gasteiger partial charge in [-0.3, -0.25) is 4.79 Å². The van der Waals surface area contributed by atoms with Crippen molar-refractivity contribution in [2.45, 2.75) is 31.5 Å². The molecule has 4 N–H and O–H groups in total. The van der Waals surface area contributed by atoms with Crippen LogP contribution in [0.25, 0.3) is 0 Å². The number of rotatable bonds is 6. The second kappa shape index (κ2) is 6.66. The van der Waals surface area contributed by atoms with E-state index in [4.69, 9.17) is 15.3 Å². The molecule has 10 heteroatoms. The molecule has 0 saturated heterocycles. The van der Waals surface area contributed by atoms with Gasteiger partial charge in [-0.1, -0.05) is 0 Å². The number of hydrogen-bond donors (Lipinski definition) is 4. The van der Waals surface area contributed by atoms with Crippen LogP contribution in [0.2, 0.25) is 0 Å². The number of carbonyl (C=O) groups is 4. The van der Waals surface area contributed by atoms with E-state index in [1.807, 2.05) is 0 Å². The molecule has 0 aromatic heterocycles. The summed E-state index contributed by atoms with van der Waals surface area (Å²) in [4.78, 5) is 50.4. The van der Waals surface area contributed by atoms with E-state index in [0.29, 0.717) is 0 Å². The van der Waals surface area contributed by atoms with Gasteiger partial charge in [0.2, 0.25) is 0 Å². The van der Waals surface area contributed by atoms with E-state index >= 15 is 0 Å². The van der Waals surface area contributed by atoms with Gasteiger partial charge in [0.1, 0.15) is 0 Å². The second-order valence-electron chi connectivity index (χ2n) is 3.62. The van der Waals surface area contributed by atoms with Crippen molar-refractivity contribution in [3.05, 3.63) is 0 Å². The maximum Gasteiger partial charge on any atom is 0.383 e. The SMILES string of the molecule is CC(O)C(=O)OOC(=O)CC(O)(CC(=O)O)C(=O)O. The number of aliphatic carboxylic acids is 2. The van der Waals surface area contributed by atoms with Crippen LogP contribution in [0, 0.1) is 0 Å². The van der Waals surface area contributed by atoms with Crippen LogP contribution < -0.4 is 0 Å². The first-order chi connectivity index (χ1) is 8.58. The quantitative estimate of drug-likeness (QED) is 0.317. The normalized spacial score (nSPS) is 14.9. The molecule has 0 saturated carbocycles. The molecule has 0 heterocycles. The van der Waals surface area contributed by atoms with Gasteiger partial charge in [0.05, 0.1) is 12.8 Å². The van der Waals surface area contributed by atoms with Crippen LogP contribution in [-0.4, -0.2) is 56.0 Å². The maximum atomic E-state index is 11.1. The van der Waals surface area contributed by atoms with E-state index in [0.717, 1.165) is 6.92 Å². The van der Waals surface area contributed by atoms with Gasteiger partial charge in [-0.15, -0.1) is 0 Å². The minimum absolute atomic E-state index is 1.02. The second-order valence-corrected chi connectivity index (χ2v) is 3.62. The van der Waals surface area contributed by atoms with Crippen LogP contribution in [0.3, 0.4) is 0 Å². The molecule has 0 aliphatic heterocycles. The van der Waals surface area contributed by atoms with Crippen LogP contribution in [0.1, 0.15) is 19.8 Å². The molecule has 2 atom stereocenters. The van der Waals surface area contributed by atoms with Gasteiger partial charge in [0.25, 0.3) is 0 Å². The minimum Gasteiger partial charge on any atom is -0.481 e. The predicted molar refractivity (Wildman–Crippen MR) is 53.3 cm³/mol. The van der Waals surface area contributed by atoms with Crippen molar-refractivity contribution in [1.29, 1.82) is 0 Å². The van der Waals surface area contributed by atoms with E-state index in [1.54, 1.807) is 0 Å². The fourth-order valence-electron chi connectivity index (χ4n) is 0.889. The van der Waals surface area contributed by atoms with Crippen LogP contribution in [-0.2, 0) is 29.0 Å². The molecule has 0 rings (SSSR count). The molecule has 0 aliphatic carbocycles.